The van der Waals surface area contributed by atoms with Gasteiger partial charge >= 0.3 is 0 Å². The van der Waals surface area contributed by atoms with Crippen molar-refractivity contribution in [1.29, 1.82) is 0 Å². The molecule has 2 aromatic carbocycles. The number of carbonyl (C=O) groups excluding carboxylic acids is 1. The van der Waals surface area contributed by atoms with Gasteiger partial charge in [-0.15, -0.1) is 0 Å². The Morgan fingerprint density at radius 3 is 2.75 bits per heavy atom. The molecule has 1 atom stereocenters. The highest BCUT2D eigenvalue weighted by atomic mass is 79.9. The molecule has 6 heteroatoms. The number of hydrogen-bond acceptors (Lipinski definition) is 3. The number of piperidine rings is 1. The van der Waals surface area contributed by atoms with Gasteiger partial charge in [-0.2, -0.15) is 0 Å². The van der Waals surface area contributed by atoms with Crippen molar-refractivity contribution in [3.8, 4) is 17.0 Å². The van der Waals surface area contributed by atoms with Gasteiger partial charge in [0.05, 0.1) is 22.4 Å². The summed E-state index contributed by atoms with van der Waals surface area (Å²) in [5.41, 5.74) is 2.06. The lowest BCUT2D eigenvalue weighted by molar-refractivity contribution is -0.137. The highest BCUT2D eigenvalue weighted by molar-refractivity contribution is 9.10. The molecule has 0 unspecified atom stereocenters. The molecule has 1 amide bonds. The molecule has 0 bridgehead atoms. The van der Waals surface area contributed by atoms with Gasteiger partial charge < -0.3 is 14.6 Å². The molecule has 0 saturated carbocycles. The molecule has 3 aromatic rings. The number of H-pyrrole nitrogens is 1. The molecule has 1 aliphatic rings. The fourth-order valence-electron chi connectivity index (χ4n) is 3.57. The van der Waals surface area contributed by atoms with Crippen LogP contribution in [0.5, 0.6) is 5.75 Å². The molecule has 0 spiro atoms. The number of para-hydroxylation sites is 1. The maximum atomic E-state index is 12.9. The Morgan fingerprint density at radius 2 is 1.93 bits per heavy atom. The second kappa shape index (κ2) is 8.61. The lowest BCUT2D eigenvalue weighted by atomic mass is 10.0. The third-order valence-electron chi connectivity index (χ3n) is 5.01. The quantitative estimate of drug-likeness (QED) is 0.610. The molecule has 0 aliphatic carbocycles. The SMILES string of the molecule is O=C(COc1ccccc1Br)N1CCCC[C@@H]1c1ncc(-c2ccccc2)[nH]1. The van der Waals surface area contributed by atoms with Crippen LogP contribution in [0.25, 0.3) is 11.3 Å². The standard InChI is InChI=1S/C22H22BrN3O2/c23-17-10-4-5-12-20(17)28-15-21(27)26-13-7-6-11-19(26)22-24-14-18(25-22)16-8-2-1-3-9-16/h1-5,8-10,12,14,19H,6-7,11,13,15H2,(H,24,25)/t19-/m1/s1. The first-order chi connectivity index (χ1) is 13.7. The average Bonchev–Trinajstić information content (AvgIpc) is 3.24. The van der Waals surface area contributed by atoms with E-state index in [1.54, 1.807) is 0 Å². The summed E-state index contributed by atoms with van der Waals surface area (Å²) in [6, 6.07) is 17.6. The van der Waals surface area contributed by atoms with Gasteiger partial charge in [0.25, 0.3) is 5.91 Å². The van der Waals surface area contributed by atoms with E-state index < -0.39 is 0 Å². The molecule has 4 rings (SSSR count). The van der Waals surface area contributed by atoms with Crippen LogP contribution in [-0.4, -0.2) is 33.9 Å². The maximum Gasteiger partial charge on any atom is 0.261 e. The average molecular weight is 440 g/mol. The number of aromatic amines is 1. The maximum absolute atomic E-state index is 12.9. The van der Waals surface area contributed by atoms with E-state index in [0.717, 1.165) is 47.4 Å². The number of nitrogens with one attached hydrogen (secondary N) is 1. The number of rotatable bonds is 5. The minimum atomic E-state index is -0.0403. The van der Waals surface area contributed by atoms with E-state index >= 15 is 0 Å². The summed E-state index contributed by atoms with van der Waals surface area (Å²) in [7, 11) is 0. The predicted molar refractivity (Wildman–Crippen MR) is 112 cm³/mol. The van der Waals surface area contributed by atoms with Crippen molar-refractivity contribution in [2.24, 2.45) is 0 Å². The molecule has 5 nitrogen and oxygen atoms in total. The van der Waals surface area contributed by atoms with Gasteiger partial charge in [-0.1, -0.05) is 42.5 Å². The Bertz CT molecular complexity index is 942. The van der Waals surface area contributed by atoms with Crippen LogP contribution in [0.4, 0.5) is 0 Å². The number of ether oxygens (including phenoxy) is 1. The van der Waals surface area contributed by atoms with Gasteiger partial charge in [-0.3, -0.25) is 4.79 Å². The number of likely N-dealkylation sites (tertiary alicyclic amines) is 1. The number of imidazole rings is 1. The number of amides is 1. The zero-order chi connectivity index (χ0) is 19.3. The van der Waals surface area contributed by atoms with Crippen molar-refractivity contribution in [2.45, 2.75) is 25.3 Å². The summed E-state index contributed by atoms with van der Waals surface area (Å²) in [5, 5.41) is 0. The van der Waals surface area contributed by atoms with E-state index in [1.807, 2.05) is 65.7 Å². The van der Waals surface area contributed by atoms with Crippen molar-refractivity contribution >= 4 is 21.8 Å². The van der Waals surface area contributed by atoms with Crippen LogP contribution in [0.2, 0.25) is 0 Å². The van der Waals surface area contributed by atoms with E-state index in [4.69, 9.17) is 4.74 Å². The highest BCUT2D eigenvalue weighted by Gasteiger charge is 2.30. The van der Waals surface area contributed by atoms with Gasteiger partial charge in [0.2, 0.25) is 0 Å². The minimum Gasteiger partial charge on any atom is -0.483 e. The first-order valence-electron chi connectivity index (χ1n) is 9.49. The van der Waals surface area contributed by atoms with Crippen LogP contribution in [0.1, 0.15) is 31.1 Å². The number of carbonyl (C=O) groups is 1. The van der Waals surface area contributed by atoms with Crippen molar-refractivity contribution in [3.63, 3.8) is 0 Å². The Hall–Kier alpha value is -2.60. The summed E-state index contributed by atoms with van der Waals surface area (Å²) >= 11 is 3.45. The summed E-state index contributed by atoms with van der Waals surface area (Å²) in [4.78, 5) is 22.8. The normalized spacial score (nSPS) is 16.8. The predicted octanol–water partition coefficient (Wildman–Crippen LogP) is 4.97. The molecule has 2 heterocycles. The number of hydrogen-bond donors (Lipinski definition) is 1. The van der Waals surface area contributed by atoms with E-state index in [9.17, 15) is 4.79 Å². The molecular formula is C22H22BrN3O2. The van der Waals surface area contributed by atoms with Gasteiger partial charge in [-0.25, -0.2) is 4.98 Å². The molecule has 1 saturated heterocycles. The number of nitrogens with zero attached hydrogens (tertiary/aromatic N) is 2. The summed E-state index contributed by atoms with van der Waals surface area (Å²) < 4.78 is 6.59. The Kier molecular flexibility index (Phi) is 5.76. The summed E-state index contributed by atoms with van der Waals surface area (Å²) in [6.45, 7) is 0.746. The van der Waals surface area contributed by atoms with Crippen LogP contribution in [0.3, 0.4) is 0 Å². The van der Waals surface area contributed by atoms with Crippen LogP contribution >= 0.6 is 15.9 Å². The van der Waals surface area contributed by atoms with E-state index in [0.29, 0.717) is 5.75 Å². The topological polar surface area (TPSA) is 58.2 Å². The number of aromatic nitrogens is 2. The van der Waals surface area contributed by atoms with Gasteiger partial charge in [0.15, 0.2) is 6.61 Å². The summed E-state index contributed by atoms with van der Waals surface area (Å²) in [6.07, 6.45) is 4.84. The van der Waals surface area contributed by atoms with E-state index in [1.165, 1.54) is 0 Å². The third kappa shape index (κ3) is 4.12. The second-order valence-electron chi connectivity index (χ2n) is 6.87. The van der Waals surface area contributed by atoms with Crippen LogP contribution in [0, 0.1) is 0 Å². The van der Waals surface area contributed by atoms with Crippen molar-refractivity contribution in [3.05, 3.63) is 71.1 Å². The smallest absolute Gasteiger partial charge is 0.261 e. The first-order valence-corrected chi connectivity index (χ1v) is 10.3. The number of benzene rings is 2. The molecule has 0 radical (unpaired) electrons. The van der Waals surface area contributed by atoms with Crippen LogP contribution < -0.4 is 4.74 Å². The lowest BCUT2D eigenvalue weighted by Gasteiger charge is -2.34. The molecule has 1 aliphatic heterocycles. The van der Waals surface area contributed by atoms with Crippen molar-refractivity contribution < 1.29 is 9.53 Å². The Labute approximate surface area is 172 Å². The fourth-order valence-corrected chi connectivity index (χ4v) is 3.97. The fraction of sp³-hybridized carbons (Fsp3) is 0.273. The second-order valence-corrected chi connectivity index (χ2v) is 7.72. The zero-order valence-electron chi connectivity index (χ0n) is 15.5. The molecule has 1 fully saturated rings. The minimum absolute atomic E-state index is 0.0156. The van der Waals surface area contributed by atoms with Crippen LogP contribution in [-0.2, 0) is 4.79 Å². The van der Waals surface area contributed by atoms with Crippen molar-refractivity contribution in [2.75, 3.05) is 13.2 Å². The third-order valence-corrected chi connectivity index (χ3v) is 5.66. The Balaban J connectivity index is 1.48. The first kappa shape index (κ1) is 18.7. The molecular weight excluding hydrogens is 418 g/mol. The van der Waals surface area contributed by atoms with E-state index in [-0.39, 0.29) is 18.6 Å². The zero-order valence-corrected chi connectivity index (χ0v) is 17.1. The molecule has 1 aromatic heterocycles. The van der Waals surface area contributed by atoms with E-state index in [2.05, 4.69) is 25.9 Å². The molecule has 1 N–H and O–H groups in total. The van der Waals surface area contributed by atoms with Crippen molar-refractivity contribution in [1.82, 2.24) is 14.9 Å². The lowest BCUT2D eigenvalue weighted by Crippen LogP contribution is -2.41. The van der Waals surface area contributed by atoms with Gasteiger partial charge in [0, 0.05) is 6.54 Å². The van der Waals surface area contributed by atoms with Gasteiger partial charge in [0.1, 0.15) is 11.6 Å². The molecule has 28 heavy (non-hydrogen) atoms. The highest BCUT2D eigenvalue weighted by Crippen LogP contribution is 2.31. The number of halogens is 1. The largest absolute Gasteiger partial charge is 0.483 e. The summed E-state index contributed by atoms with van der Waals surface area (Å²) in [5.74, 6) is 1.50. The van der Waals surface area contributed by atoms with Crippen LogP contribution in [0.15, 0.2) is 65.3 Å². The van der Waals surface area contributed by atoms with Gasteiger partial charge in [-0.05, 0) is 52.9 Å². The Morgan fingerprint density at radius 1 is 1.14 bits per heavy atom. The molecule has 144 valence electrons. The monoisotopic (exact) mass is 439 g/mol.